The van der Waals surface area contributed by atoms with Crippen molar-refractivity contribution >= 4 is 123 Å². The molecule has 0 unspecified atom stereocenters. The average Bonchev–Trinajstić information content (AvgIpc) is 3.69. The number of benzene rings is 10. The highest BCUT2D eigenvalue weighted by atomic mass is 32.2. The van der Waals surface area contributed by atoms with E-state index in [4.69, 9.17) is 4.42 Å². The summed E-state index contributed by atoms with van der Waals surface area (Å²) in [6.45, 7) is 14.0. The quantitative estimate of drug-likeness (QED) is 0.127. The van der Waals surface area contributed by atoms with E-state index < -0.39 is 0 Å². The summed E-state index contributed by atoms with van der Waals surface area (Å²) in [5.74, 6) is 0. The zero-order valence-corrected chi connectivity index (χ0v) is 38.9. The van der Waals surface area contributed by atoms with Gasteiger partial charge < -0.3 is 14.2 Å². The molecule has 0 bridgehead atoms. The second kappa shape index (κ2) is 13.9. The lowest BCUT2D eigenvalue weighted by molar-refractivity contribution is 0.590. The Hall–Kier alpha value is -6.66. The molecule has 1 aromatic heterocycles. The Balaban J connectivity index is 1.18. The highest BCUT2D eigenvalue weighted by molar-refractivity contribution is 8.00. The minimum absolute atomic E-state index is 0.0769. The molecule has 3 nitrogen and oxygen atoms in total. The van der Waals surface area contributed by atoms with Crippen LogP contribution >= 0.6 is 23.5 Å². The molecule has 0 saturated heterocycles. The number of anilines is 6. The van der Waals surface area contributed by atoms with Gasteiger partial charge in [-0.1, -0.05) is 174 Å². The van der Waals surface area contributed by atoms with Gasteiger partial charge in [-0.3, -0.25) is 0 Å². The molecule has 0 aliphatic carbocycles. The number of rotatable bonds is 2. The summed E-state index contributed by atoms with van der Waals surface area (Å²) >= 11 is 3.71. The topological polar surface area (TPSA) is 19.6 Å². The molecule has 314 valence electrons. The summed E-state index contributed by atoms with van der Waals surface area (Å²) in [4.78, 5) is 10.1. The van der Waals surface area contributed by atoms with Crippen molar-refractivity contribution < 1.29 is 4.42 Å². The summed E-state index contributed by atoms with van der Waals surface area (Å²) in [6, 6.07) is 63.5. The van der Waals surface area contributed by atoms with Gasteiger partial charge in [0.05, 0.1) is 34.1 Å². The van der Waals surface area contributed by atoms with Crippen LogP contribution in [-0.4, -0.2) is 0 Å². The lowest BCUT2D eigenvalue weighted by atomic mass is 9.82. The molecule has 10 aromatic carbocycles. The van der Waals surface area contributed by atoms with Crippen LogP contribution in [0.4, 0.5) is 34.1 Å². The first-order chi connectivity index (χ1) is 31.5. The number of hydrogen-bond acceptors (Lipinski definition) is 5. The molecule has 0 N–H and O–H groups in total. The first-order valence-electron chi connectivity index (χ1n) is 22.6. The van der Waals surface area contributed by atoms with Crippen molar-refractivity contribution in [2.45, 2.75) is 72.0 Å². The van der Waals surface area contributed by atoms with E-state index in [1.54, 1.807) is 0 Å². The maximum Gasteiger partial charge on any atom is 0.143 e. The van der Waals surface area contributed by atoms with E-state index >= 15 is 0 Å². The highest BCUT2D eigenvalue weighted by Gasteiger charge is 2.34. The van der Waals surface area contributed by atoms with Gasteiger partial charge >= 0.3 is 0 Å². The lowest BCUT2D eigenvalue weighted by Gasteiger charge is -2.38. The molecule has 3 heterocycles. The molecule has 2 aliphatic rings. The smallest absolute Gasteiger partial charge is 0.143 e. The van der Waals surface area contributed by atoms with E-state index in [0.29, 0.717) is 0 Å². The van der Waals surface area contributed by atoms with Gasteiger partial charge in [-0.25, -0.2) is 0 Å². The maximum atomic E-state index is 7.12. The van der Waals surface area contributed by atoms with Gasteiger partial charge in [0.15, 0.2) is 0 Å². The van der Waals surface area contributed by atoms with Crippen molar-refractivity contribution in [3.05, 3.63) is 181 Å². The molecule has 65 heavy (non-hydrogen) atoms. The zero-order valence-electron chi connectivity index (χ0n) is 37.3. The van der Waals surface area contributed by atoms with Gasteiger partial charge in [0.2, 0.25) is 0 Å². The summed E-state index contributed by atoms with van der Waals surface area (Å²) in [5, 5.41) is 12.0. The van der Waals surface area contributed by atoms with E-state index in [1.807, 2.05) is 23.5 Å². The van der Waals surface area contributed by atoms with Crippen molar-refractivity contribution in [3.63, 3.8) is 0 Å². The van der Waals surface area contributed by atoms with Gasteiger partial charge in [0.1, 0.15) is 11.2 Å². The second-order valence-corrected chi connectivity index (χ2v) is 21.9. The standard InChI is InChI=1S/C60H46N2OS2/c1-59(2,3)35-28-30-41-43(31-35)56(61-46-21-11-14-24-51(46)64-52-25-15-12-22-47(52)61)40-29-27-36(60(4,5)6)32-44(40)57(41)62-48-23-13-16-26-53(48)65-54-33-45-50(34-49(54)62)63-58-42-20-10-8-18-38(42)37-17-7-9-19-39(37)55(45)58/h7-34H,1-6H3. The number of hydrogen-bond donors (Lipinski definition) is 0. The monoisotopic (exact) mass is 874 g/mol. The normalized spacial score (nSPS) is 13.8. The zero-order chi connectivity index (χ0) is 43.9. The van der Waals surface area contributed by atoms with Gasteiger partial charge in [-0.15, -0.1) is 0 Å². The summed E-state index contributed by atoms with van der Waals surface area (Å²) in [7, 11) is 0. The number of fused-ring (bicyclic) bond motifs is 14. The molecule has 0 atom stereocenters. The fourth-order valence-electron chi connectivity index (χ4n) is 10.4. The Labute approximate surface area is 387 Å². The molecule has 13 rings (SSSR count). The first kappa shape index (κ1) is 38.8. The first-order valence-corrected chi connectivity index (χ1v) is 24.2. The molecule has 0 spiro atoms. The van der Waals surface area contributed by atoms with Crippen molar-refractivity contribution in [1.29, 1.82) is 0 Å². The number of nitrogens with zero attached hydrogens (tertiary/aromatic N) is 2. The summed E-state index contributed by atoms with van der Waals surface area (Å²) in [6.07, 6.45) is 0. The lowest BCUT2D eigenvalue weighted by Crippen LogP contribution is -2.19. The Morgan fingerprint density at radius 3 is 1.31 bits per heavy atom. The third kappa shape index (κ3) is 5.78. The van der Waals surface area contributed by atoms with Crippen molar-refractivity contribution in [2.75, 3.05) is 9.80 Å². The molecule has 2 aliphatic heterocycles. The fourth-order valence-corrected chi connectivity index (χ4v) is 12.6. The van der Waals surface area contributed by atoms with Gasteiger partial charge in [-0.05, 0) is 92.7 Å². The Morgan fingerprint density at radius 1 is 0.354 bits per heavy atom. The van der Waals surface area contributed by atoms with Crippen LogP contribution in [0.25, 0.3) is 65.0 Å². The van der Waals surface area contributed by atoms with Crippen LogP contribution in [0.2, 0.25) is 0 Å². The predicted octanol–water partition coefficient (Wildman–Crippen LogP) is 18.7. The third-order valence-corrected chi connectivity index (χ3v) is 15.9. The number of furan rings is 1. The van der Waals surface area contributed by atoms with Crippen LogP contribution in [0.15, 0.2) is 194 Å². The molecular formula is C60H46N2OS2. The van der Waals surface area contributed by atoms with E-state index in [-0.39, 0.29) is 10.8 Å². The van der Waals surface area contributed by atoms with Crippen molar-refractivity contribution in [3.8, 4) is 0 Å². The van der Waals surface area contributed by atoms with E-state index in [2.05, 4.69) is 221 Å². The third-order valence-electron chi connectivity index (χ3n) is 13.7. The molecule has 0 radical (unpaired) electrons. The molecule has 5 heteroatoms. The van der Waals surface area contributed by atoms with Crippen LogP contribution in [0.3, 0.4) is 0 Å². The minimum Gasteiger partial charge on any atom is -0.455 e. The van der Waals surface area contributed by atoms with E-state index in [0.717, 1.165) is 33.3 Å². The van der Waals surface area contributed by atoms with Crippen molar-refractivity contribution in [2.24, 2.45) is 0 Å². The fraction of sp³-hybridized carbons (Fsp3) is 0.133. The maximum absolute atomic E-state index is 7.12. The van der Waals surface area contributed by atoms with E-state index in [9.17, 15) is 0 Å². The van der Waals surface area contributed by atoms with Crippen molar-refractivity contribution in [1.82, 2.24) is 0 Å². The molecule has 11 aromatic rings. The van der Waals surface area contributed by atoms with Crippen LogP contribution in [-0.2, 0) is 10.8 Å². The van der Waals surface area contributed by atoms with E-state index in [1.165, 1.54) is 96.5 Å². The van der Waals surface area contributed by atoms with Crippen LogP contribution in [0.1, 0.15) is 52.7 Å². The molecular weight excluding hydrogens is 829 g/mol. The van der Waals surface area contributed by atoms with Gasteiger partial charge in [-0.2, -0.15) is 0 Å². The predicted molar refractivity (Wildman–Crippen MR) is 279 cm³/mol. The number of para-hydroxylation sites is 3. The SMILES string of the molecule is CC(C)(C)c1ccc2c(N3c4ccccc4Sc4cc5c(cc43)oc3c4ccccc4c4ccccc4c53)c3cc(C(C)(C)C)ccc3c(N3c4ccccc4Sc4ccccc43)c2c1. The largest absolute Gasteiger partial charge is 0.455 e. The minimum atomic E-state index is -0.0861. The van der Waals surface area contributed by atoms with Crippen LogP contribution in [0.5, 0.6) is 0 Å². The highest BCUT2D eigenvalue weighted by Crippen LogP contribution is 2.60. The average molecular weight is 875 g/mol. The van der Waals surface area contributed by atoms with Crippen LogP contribution in [0, 0.1) is 0 Å². The Bertz CT molecular complexity index is 3780. The summed E-state index contributed by atoms with van der Waals surface area (Å²) < 4.78 is 7.12. The Kier molecular flexibility index (Phi) is 8.30. The molecule has 0 saturated carbocycles. The van der Waals surface area contributed by atoms with Crippen LogP contribution < -0.4 is 9.80 Å². The van der Waals surface area contributed by atoms with Gasteiger partial charge in [0.25, 0.3) is 0 Å². The van der Waals surface area contributed by atoms with Gasteiger partial charge in [0, 0.05) is 63.4 Å². The summed E-state index contributed by atoms with van der Waals surface area (Å²) in [5.41, 5.74) is 11.3. The Morgan fingerprint density at radius 2 is 0.785 bits per heavy atom. The molecule has 0 fully saturated rings. The second-order valence-electron chi connectivity index (χ2n) is 19.7. The molecule has 0 amide bonds.